The van der Waals surface area contributed by atoms with Crippen molar-refractivity contribution >= 4 is 70.6 Å². The summed E-state index contributed by atoms with van der Waals surface area (Å²) in [6, 6.07) is 18.3. The Morgan fingerprint density at radius 2 is 0.650 bits per heavy atom. The molecular formula is C63H79ClN6O10. The van der Waals surface area contributed by atoms with E-state index in [2.05, 4.69) is 46.7 Å². The van der Waals surface area contributed by atoms with Crippen molar-refractivity contribution in [3.63, 3.8) is 0 Å². The average molecular weight is 1120 g/mol. The van der Waals surface area contributed by atoms with Gasteiger partial charge in [-0.2, -0.15) is 0 Å². The van der Waals surface area contributed by atoms with Gasteiger partial charge in [0.1, 0.15) is 23.1 Å². The summed E-state index contributed by atoms with van der Waals surface area (Å²) in [6.07, 6.45) is 14.9. The summed E-state index contributed by atoms with van der Waals surface area (Å²) in [5.74, 6) is 1.23. The van der Waals surface area contributed by atoms with Gasteiger partial charge in [-0.15, -0.1) is 12.4 Å². The average Bonchev–Trinajstić information content (AvgIpc) is 4.11. The van der Waals surface area contributed by atoms with Crippen molar-refractivity contribution in [3.8, 4) is 0 Å². The second kappa shape index (κ2) is 26.7. The van der Waals surface area contributed by atoms with Crippen molar-refractivity contribution in [2.45, 2.75) is 202 Å². The minimum atomic E-state index is -0.464. The number of hydrogen-bond donors (Lipinski definition) is 3. The molecule has 12 rings (SSSR count). The van der Waals surface area contributed by atoms with Crippen molar-refractivity contribution in [1.82, 2.24) is 25.3 Å². The Morgan fingerprint density at radius 1 is 0.375 bits per heavy atom. The summed E-state index contributed by atoms with van der Waals surface area (Å²) in [5.41, 5.74) is 13.5. The van der Waals surface area contributed by atoms with E-state index in [1.165, 1.54) is 75.1 Å². The van der Waals surface area contributed by atoms with Gasteiger partial charge in [0.2, 0.25) is 0 Å². The zero-order valence-corrected chi connectivity index (χ0v) is 47.5. The Kier molecular flexibility index (Phi) is 20.0. The minimum Gasteiger partial charge on any atom is -0.333 e. The number of carbonyl (C=O) groups excluding carboxylic acids is 10. The zero-order chi connectivity index (χ0) is 56.1. The molecule has 6 fully saturated rings. The molecule has 80 heavy (non-hydrogen) atoms. The van der Waals surface area contributed by atoms with E-state index in [-0.39, 0.29) is 84.1 Å². The van der Waals surface area contributed by atoms with Crippen molar-refractivity contribution < 1.29 is 47.9 Å². The van der Waals surface area contributed by atoms with Gasteiger partial charge in [0, 0.05) is 80.5 Å². The first-order valence-electron chi connectivity index (χ1n) is 29.0. The van der Waals surface area contributed by atoms with Crippen molar-refractivity contribution in [1.29, 1.82) is 0 Å². The van der Waals surface area contributed by atoms with Crippen LogP contribution in [-0.4, -0.2) is 124 Å². The van der Waals surface area contributed by atoms with Crippen molar-refractivity contribution in [2.75, 3.05) is 21.1 Å². The van der Waals surface area contributed by atoms with Crippen LogP contribution in [0.15, 0.2) is 54.6 Å². The summed E-state index contributed by atoms with van der Waals surface area (Å²) in [6.45, 7) is 1.44. The minimum absolute atomic E-state index is 0. The molecule has 0 unspecified atom stereocenters. The molecule has 3 amide bonds. The van der Waals surface area contributed by atoms with Crippen LogP contribution in [0, 0.1) is 0 Å². The molecule has 0 spiro atoms. The normalized spacial score (nSPS) is 26.8. The van der Waals surface area contributed by atoms with Gasteiger partial charge < -0.3 is 31.1 Å². The molecule has 0 radical (unpaired) electrons. The first-order valence-corrected chi connectivity index (χ1v) is 29.0. The molecule has 17 heteroatoms. The molecule has 428 valence electrons. The zero-order valence-electron chi connectivity index (χ0n) is 46.7. The second-order valence-electron chi connectivity index (χ2n) is 23.2. The van der Waals surface area contributed by atoms with E-state index in [1.807, 2.05) is 38.4 Å². The molecule has 16 nitrogen and oxygen atoms in total. The highest BCUT2D eigenvalue weighted by Crippen LogP contribution is 2.40. The van der Waals surface area contributed by atoms with Crippen molar-refractivity contribution in [3.05, 3.63) is 105 Å². The number of hydrogen-bond acceptors (Lipinski definition) is 13. The SMILES string of the molecule is CN.CNC1CCC(c2ccc3c(c2)CN([C@H]2CCC(=O)CC2=O)C3=O)CC1.CNC1CCC(c2ccc3c(c2)CN([C@H]2CCC(=O)CC2=O)C3=O)CC1.Cl.O=C1CCC(c2ccc3c(c2)CN([C@H]2CCC(=O)CC2=O)C3=O)CC1. The van der Waals surface area contributed by atoms with Gasteiger partial charge in [-0.3, -0.25) is 47.9 Å². The monoisotopic (exact) mass is 1110 g/mol. The number of carbonyl (C=O) groups is 10. The quantitative estimate of drug-likeness (QED) is 0.184. The first kappa shape index (κ1) is 60.0. The lowest BCUT2D eigenvalue weighted by Gasteiger charge is -2.29. The fourth-order valence-corrected chi connectivity index (χ4v) is 13.9. The summed E-state index contributed by atoms with van der Waals surface area (Å²) in [4.78, 5) is 126. The van der Waals surface area contributed by atoms with Crippen LogP contribution >= 0.6 is 12.4 Å². The van der Waals surface area contributed by atoms with Gasteiger partial charge in [-0.1, -0.05) is 36.4 Å². The van der Waals surface area contributed by atoms with E-state index in [0.29, 0.717) is 112 Å². The molecule has 3 aromatic carbocycles. The number of benzene rings is 3. The number of ketones is 7. The standard InChI is InChI=1S/2C21H26N2O3.C20H21NO4.CH5N.ClH/c2*1-22-16-5-2-13(3-6-16)14-4-8-18-15(10-14)12-23(21(18)26)19-9-7-17(24)11-20(19)25;22-15-4-1-12(2-5-15)13-3-7-17-14(9-13)11-21(20(17)25)18-8-6-16(23)10-19(18)24;1-2;/h2*4,8,10,13,16,19,22H,2-3,5-7,9,11-12H2,1H3;3,7,9,12,18H,1-2,4-6,8,10-11H2;2H2,1H3;1H/t2*13?,16?,19-;18-;;/m000../s1. The molecule has 3 aromatic rings. The maximum atomic E-state index is 12.8. The summed E-state index contributed by atoms with van der Waals surface area (Å²) in [5, 5.41) is 6.73. The predicted octanol–water partition coefficient (Wildman–Crippen LogP) is 7.71. The number of Topliss-reactive ketones (excluding diaryl/α,β-unsaturated/α-hetero) is 7. The number of amides is 3. The van der Waals surface area contributed by atoms with Crippen LogP contribution < -0.4 is 16.4 Å². The van der Waals surface area contributed by atoms with Gasteiger partial charge in [-0.05, 0) is 174 Å². The molecule has 3 atom stereocenters. The number of nitrogens with one attached hydrogen (secondary N) is 2. The Hall–Kier alpha value is -6.07. The molecule has 4 N–H and O–H groups in total. The van der Waals surface area contributed by atoms with Gasteiger partial charge in [-0.25, -0.2) is 0 Å². The van der Waals surface area contributed by atoms with E-state index >= 15 is 0 Å². The maximum absolute atomic E-state index is 12.8. The van der Waals surface area contributed by atoms with Gasteiger partial charge >= 0.3 is 0 Å². The highest BCUT2D eigenvalue weighted by Gasteiger charge is 2.42. The van der Waals surface area contributed by atoms with E-state index < -0.39 is 18.1 Å². The molecule has 0 aromatic heterocycles. The number of nitrogens with two attached hydrogens (primary N) is 1. The molecule has 0 saturated heterocycles. The smallest absolute Gasteiger partial charge is 0.255 e. The van der Waals surface area contributed by atoms with E-state index in [0.717, 1.165) is 40.7 Å². The molecule has 6 saturated carbocycles. The first-order chi connectivity index (χ1) is 38.2. The Labute approximate surface area is 475 Å². The van der Waals surface area contributed by atoms with Gasteiger partial charge in [0.15, 0.2) is 17.3 Å². The summed E-state index contributed by atoms with van der Waals surface area (Å²) in [7, 11) is 5.56. The third-order valence-corrected chi connectivity index (χ3v) is 18.6. The molecule has 9 aliphatic rings. The maximum Gasteiger partial charge on any atom is 0.255 e. The number of nitrogens with zero attached hydrogens (tertiary/aromatic N) is 3. The summed E-state index contributed by atoms with van der Waals surface area (Å²) >= 11 is 0. The number of rotatable bonds is 8. The molecule has 6 aliphatic carbocycles. The Morgan fingerprint density at radius 3 is 0.925 bits per heavy atom. The lowest BCUT2D eigenvalue weighted by atomic mass is 9.81. The van der Waals surface area contributed by atoms with Crippen LogP contribution in [0.4, 0.5) is 0 Å². The van der Waals surface area contributed by atoms with E-state index in [1.54, 1.807) is 14.7 Å². The van der Waals surface area contributed by atoms with E-state index in [4.69, 9.17) is 0 Å². The number of fused-ring (bicyclic) bond motifs is 3. The molecular weight excluding hydrogens is 1040 g/mol. The van der Waals surface area contributed by atoms with Gasteiger partial charge in [0.05, 0.1) is 37.4 Å². The Balaban J connectivity index is 0.000000154. The largest absolute Gasteiger partial charge is 0.333 e. The number of halogens is 1. The second-order valence-corrected chi connectivity index (χ2v) is 23.2. The lowest BCUT2D eigenvalue weighted by molar-refractivity contribution is -0.134. The van der Waals surface area contributed by atoms with Crippen LogP contribution in [0.1, 0.15) is 217 Å². The van der Waals surface area contributed by atoms with Gasteiger partial charge in [0.25, 0.3) is 17.7 Å². The van der Waals surface area contributed by atoms with Crippen LogP contribution in [0.2, 0.25) is 0 Å². The predicted molar refractivity (Wildman–Crippen MR) is 304 cm³/mol. The fourth-order valence-electron chi connectivity index (χ4n) is 13.9. The van der Waals surface area contributed by atoms with E-state index in [9.17, 15) is 47.9 Å². The van der Waals surface area contributed by atoms with Crippen molar-refractivity contribution in [2.24, 2.45) is 5.73 Å². The highest BCUT2D eigenvalue weighted by atomic mass is 35.5. The third-order valence-electron chi connectivity index (χ3n) is 18.6. The Bertz CT molecular complexity index is 2770. The van der Waals surface area contributed by atoms with Crippen LogP contribution in [0.25, 0.3) is 0 Å². The van der Waals surface area contributed by atoms with Crippen LogP contribution in [0.5, 0.6) is 0 Å². The van der Waals surface area contributed by atoms with Crippen LogP contribution in [0.3, 0.4) is 0 Å². The third kappa shape index (κ3) is 13.1. The molecule has 0 bridgehead atoms. The highest BCUT2D eigenvalue weighted by molar-refractivity contribution is 6.09. The molecule has 3 heterocycles. The fraction of sp³-hybridized carbons (Fsp3) is 0.556. The lowest BCUT2D eigenvalue weighted by Crippen LogP contribution is -2.44. The summed E-state index contributed by atoms with van der Waals surface area (Å²) < 4.78 is 0. The van der Waals surface area contributed by atoms with Crippen LogP contribution in [-0.2, 0) is 53.2 Å². The topological polar surface area (TPSA) is 230 Å². The molecule has 3 aliphatic heterocycles.